The Kier molecular flexibility index (Phi) is 2.45. The Hall–Kier alpha value is -1.43. The maximum atomic E-state index is 5.15. The fourth-order valence-electron chi connectivity index (χ4n) is 1.07. The van der Waals surface area contributed by atoms with Gasteiger partial charge >= 0.3 is 0 Å². The van der Waals surface area contributed by atoms with Gasteiger partial charge in [0.1, 0.15) is 12.1 Å². The second-order valence-electron chi connectivity index (χ2n) is 2.57. The molecule has 0 atom stereocenters. The third kappa shape index (κ3) is 1.60. The fraction of sp³-hybridized carbons (Fsp3) is 0.125. The lowest BCUT2D eigenvalue weighted by atomic mass is 10.3. The van der Waals surface area contributed by atoms with Gasteiger partial charge in [0.2, 0.25) is 0 Å². The van der Waals surface area contributed by atoms with Gasteiger partial charge in [0.15, 0.2) is 0 Å². The topological polar surface area (TPSA) is 52.8 Å². The molecule has 1 aromatic carbocycles. The highest BCUT2D eigenvalue weighted by atomic mass is 79.9. The fourth-order valence-corrected chi connectivity index (χ4v) is 1.48. The summed E-state index contributed by atoms with van der Waals surface area (Å²) in [5.41, 5.74) is 0.857. The van der Waals surface area contributed by atoms with Crippen molar-refractivity contribution in [2.75, 3.05) is 7.11 Å². The Labute approximate surface area is 88.8 Å². The minimum atomic E-state index is 0.748. The first-order valence-electron chi connectivity index (χ1n) is 3.88. The number of hydrogen-bond donors (Lipinski definition) is 0. The number of nitrogens with zero attached hydrogens (tertiary/aromatic N) is 4. The Morgan fingerprint density at radius 3 is 2.93 bits per heavy atom. The van der Waals surface area contributed by atoms with Gasteiger partial charge in [0, 0.05) is 6.07 Å². The normalized spacial score (nSPS) is 10.1. The van der Waals surface area contributed by atoms with E-state index in [-0.39, 0.29) is 0 Å². The van der Waals surface area contributed by atoms with Crippen molar-refractivity contribution >= 4 is 15.9 Å². The molecule has 1 aromatic heterocycles. The highest BCUT2D eigenvalue weighted by Crippen LogP contribution is 2.26. The summed E-state index contributed by atoms with van der Waals surface area (Å²) in [5, 5.41) is 10.9. The SMILES string of the molecule is COc1cc(-n2cnnn2)ccc1Br. The molecule has 0 aliphatic carbocycles. The lowest BCUT2D eigenvalue weighted by molar-refractivity contribution is 0.412. The summed E-state index contributed by atoms with van der Waals surface area (Å²) in [7, 11) is 1.61. The van der Waals surface area contributed by atoms with Crippen LogP contribution in [0.5, 0.6) is 5.75 Å². The van der Waals surface area contributed by atoms with Crippen molar-refractivity contribution in [3.05, 3.63) is 29.0 Å². The van der Waals surface area contributed by atoms with Crippen LogP contribution in [0, 0.1) is 0 Å². The van der Waals surface area contributed by atoms with E-state index >= 15 is 0 Å². The number of hydrogen-bond acceptors (Lipinski definition) is 4. The van der Waals surface area contributed by atoms with Crippen LogP contribution in [0.15, 0.2) is 29.0 Å². The summed E-state index contributed by atoms with van der Waals surface area (Å²) in [6.45, 7) is 0. The molecule has 0 amide bonds. The quantitative estimate of drug-likeness (QED) is 0.814. The van der Waals surface area contributed by atoms with E-state index in [0.29, 0.717) is 0 Å². The van der Waals surface area contributed by atoms with E-state index < -0.39 is 0 Å². The lowest BCUT2D eigenvalue weighted by Gasteiger charge is -2.05. The van der Waals surface area contributed by atoms with Gasteiger partial charge in [-0.3, -0.25) is 0 Å². The molecule has 0 saturated heterocycles. The Balaban J connectivity index is 2.46. The van der Waals surface area contributed by atoms with E-state index in [0.717, 1.165) is 15.9 Å². The maximum Gasteiger partial charge on any atom is 0.143 e. The largest absolute Gasteiger partial charge is 0.495 e. The van der Waals surface area contributed by atoms with Crippen LogP contribution >= 0.6 is 15.9 Å². The van der Waals surface area contributed by atoms with Crippen LogP contribution in [0.3, 0.4) is 0 Å². The van der Waals surface area contributed by atoms with E-state index in [1.54, 1.807) is 11.8 Å². The first kappa shape index (κ1) is 9.14. The lowest BCUT2D eigenvalue weighted by Crippen LogP contribution is -1.96. The summed E-state index contributed by atoms with van der Waals surface area (Å²) in [6.07, 6.45) is 1.53. The molecule has 2 aromatic rings. The van der Waals surface area contributed by atoms with Crippen LogP contribution in [-0.2, 0) is 0 Å². The van der Waals surface area contributed by atoms with Gasteiger partial charge in [0.25, 0.3) is 0 Å². The van der Waals surface area contributed by atoms with Crippen LogP contribution in [0.2, 0.25) is 0 Å². The highest BCUT2D eigenvalue weighted by Gasteiger charge is 2.03. The highest BCUT2D eigenvalue weighted by molar-refractivity contribution is 9.10. The smallest absolute Gasteiger partial charge is 0.143 e. The van der Waals surface area contributed by atoms with E-state index in [9.17, 15) is 0 Å². The third-order valence-corrected chi connectivity index (χ3v) is 2.40. The first-order valence-corrected chi connectivity index (χ1v) is 4.67. The minimum Gasteiger partial charge on any atom is -0.495 e. The van der Waals surface area contributed by atoms with Crippen molar-refractivity contribution in [1.29, 1.82) is 0 Å². The van der Waals surface area contributed by atoms with E-state index in [1.165, 1.54) is 6.33 Å². The molecule has 0 unspecified atom stereocenters. The van der Waals surface area contributed by atoms with Crippen molar-refractivity contribution in [2.24, 2.45) is 0 Å². The second-order valence-corrected chi connectivity index (χ2v) is 3.43. The maximum absolute atomic E-state index is 5.15. The summed E-state index contributed by atoms with van der Waals surface area (Å²) < 4.78 is 7.62. The number of aromatic nitrogens is 4. The number of tetrazole rings is 1. The van der Waals surface area contributed by atoms with Crippen LogP contribution in [0.4, 0.5) is 0 Å². The van der Waals surface area contributed by atoms with Gasteiger partial charge in [-0.25, -0.2) is 4.68 Å². The first-order chi connectivity index (χ1) is 6.81. The molecule has 0 spiro atoms. The van der Waals surface area contributed by atoms with Crippen LogP contribution < -0.4 is 4.74 Å². The third-order valence-electron chi connectivity index (χ3n) is 1.75. The molecule has 0 aliphatic heterocycles. The summed E-state index contributed by atoms with van der Waals surface area (Å²) in [4.78, 5) is 0. The molecule has 14 heavy (non-hydrogen) atoms. The number of halogens is 1. The molecular formula is C8H7BrN4O. The van der Waals surface area contributed by atoms with E-state index in [1.807, 2.05) is 18.2 Å². The van der Waals surface area contributed by atoms with Crippen LogP contribution in [0.25, 0.3) is 5.69 Å². The van der Waals surface area contributed by atoms with Crippen molar-refractivity contribution < 1.29 is 4.74 Å². The number of rotatable bonds is 2. The average molecular weight is 255 g/mol. The van der Waals surface area contributed by atoms with Gasteiger partial charge in [-0.15, -0.1) is 5.10 Å². The zero-order valence-electron chi connectivity index (χ0n) is 7.38. The van der Waals surface area contributed by atoms with Crippen molar-refractivity contribution in [3.8, 4) is 11.4 Å². The van der Waals surface area contributed by atoms with Gasteiger partial charge in [-0.1, -0.05) is 0 Å². The summed E-state index contributed by atoms with van der Waals surface area (Å²) in [6, 6.07) is 5.62. The Morgan fingerprint density at radius 2 is 2.29 bits per heavy atom. The Bertz CT molecular complexity index is 429. The standard InChI is InChI=1S/C8H7BrN4O/c1-14-8-4-6(2-3-7(8)9)13-5-10-11-12-13/h2-5H,1H3. The molecule has 0 bridgehead atoms. The predicted octanol–water partition coefficient (Wildman–Crippen LogP) is 1.43. The van der Waals surface area contributed by atoms with Gasteiger partial charge < -0.3 is 4.74 Å². The number of methoxy groups -OCH3 is 1. The molecule has 1 heterocycles. The number of benzene rings is 1. The van der Waals surface area contributed by atoms with Crippen LogP contribution in [-0.4, -0.2) is 27.3 Å². The molecule has 72 valence electrons. The Morgan fingerprint density at radius 1 is 1.43 bits per heavy atom. The van der Waals surface area contributed by atoms with Crippen molar-refractivity contribution in [2.45, 2.75) is 0 Å². The number of ether oxygens (including phenoxy) is 1. The van der Waals surface area contributed by atoms with Gasteiger partial charge in [-0.05, 0) is 38.5 Å². The molecular weight excluding hydrogens is 248 g/mol. The molecule has 0 saturated carbocycles. The van der Waals surface area contributed by atoms with E-state index in [2.05, 4.69) is 31.5 Å². The van der Waals surface area contributed by atoms with Gasteiger partial charge in [0.05, 0.1) is 17.3 Å². The van der Waals surface area contributed by atoms with Crippen molar-refractivity contribution in [3.63, 3.8) is 0 Å². The van der Waals surface area contributed by atoms with E-state index in [4.69, 9.17) is 4.74 Å². The summed E-state index contributed by atoms with van der Waals surface area (Å²) in [5.74, 6) is 0.748. The minimum absolute atomic E-state index is 0.748. The van der Waals surface area contributed by atoms with Crippen molar-refractivity contribution in [1.82, 2.24) is 20.2 Å². The van der Waals surface area contributed by atoms with Gasteiger partial charge in [-0.2, -0.15) is 0 Å². The molecule has 2 rings (SSSR count). The summed E-state index contributed by atoms with van der Waals surface area (Å²) >= 11 is 3.37. The molecule has 0 aliphatic rings. The molecule has 5 nitrogen and oxygen atoms in total. The molecule has 0 radical (unpaired) electrons. The molecule has 6 heteroatoms. The molecule has 0 fully saturated rings. The predicted molar refractivity (Wildman–Crippen MR) is 53.4 cm³/mol. The second kappa shape index (κ2) is 3.75. The zero-order chi connectivity index (χ0) is 9.97. The van der Waals surface area contributed by atoms with Crippen LogP contribution in [0.1, 0.15) is 0 Å². The molecule has 0 N–H and O–H groups in total. The zero-order valence-corrected chi connectivity index (χ0v) is 8.97. The monoisotopic (exact) mass is 254 g/mol. The average Bonchev–Trinajstić information content (AvgIpc) is 2.71.